The Labute approximate surface area is 82.7 Å². The fraction of sp³-hybridized carbons (Fsp3) is 0.222. The maximum atomic E-state index is 12.8. The molecule has 0 amide bonds. The standard InChI is InChI=1S/C9H5F4NO/c10-7-3-6(1-2-14)4-8(5-7)15-9(11,12)13/h3-5H,1H2. The molecule has 0 aliphatic heterocycles. The number of rotatable bonds is 2. The number of benzene rings is 1. The second-order valence-corrected chi connectivity index (χ2v) is 2.68. The smallest absolute Gasteiger partial charge is 0.406 e. The van der Waals surface area contributed by atoms with Gasteiger partial charge in [0.25, 0.3) is 0 Å². The van der Waals surface area contributed by atoms with Gasteiger partial charge in [0.05, 0.1) is 12.5 Å². The third kappa shape index (κ3) is 3.85. The lowest BCUT2D eigenvalue weighted by atomic mass is 10.1. The molecule has 0 unspecified atom stereocenters. The molecular weight excluding hydrogens is 214 g/mol. The average Bonchev–Trinajstić information content (AvgIpc) is 1.99. The minimum atomic E-state index is -4.86. The molecule has 0 aliphatic carbocycles. The van der Waals surface area contributed by atoms with Crippen LogP contribution in [0.4, 0.5) is 17.6 Å². The summed E-state index contributed by atoms with van der Waals surface area (Å²) in [6.07, 6.45) is -5.04. The summed E-state index contributed by atoms with van der Waals surface area (Å²) in [7, 11) is 0. The lowest BCUT2D eigenvalue weighted by Crippen LogP contribution is -2.17. The zero-order valence-electron chi connectivity index (χ0n) is 7.31. The Morgan fingerprint density at radius 2 is 1.93 bits per heavy atom. The van der Waals surface area contributed by atoms with Gasteiger partial charge in [-0.1, -0.05) is 0 Å². The molecule has 0 aliphatic rings. The van der Waals surface area contributed by atoms with Crippen LogP contribution in [0, 0.1) is 17.1 Å². The van der Waals surface area contributed by atoms with E-state index in [1.807, 2.05) is 0 Å². The highest BCUT2D eigenvalue weighted by Crippen LogP contribution is 2.24. The van der Waals surface area contributed by atoms with E-state index in [2.05, 4.69) is 4.74 Å². The highest BCUT2D eigenvalue weighted by molar-refractivity contribution is 5.31. The summed E-state index contributed by atoms with van der Waals surface area (Å²) in [6.45, 7) is 0. The van der Waals surface area contributed by atoms with Gasteiger partial charge in [-0.05, 0) is 17.7 Å². The second-order valence-electron chi connectivity index (χ2n) is 2.68. The third-order valence-electron chi connectivity index (χ3n) is 1.45. The van der Waals surface area contributed by atoms with Crippen molar-refractivity contribution < 1.29 is 22.3 Å². The number of halogens is 4. The lowest BCUT2D eigenvalue weighted by molar-refractivity contribution is -0.274. The first-order chi connectivity index (χ1) is 6.90. The van der Waals surface area contributed by atoms with Crippen LogP contribution >= 0.6 is 0 Å². The predicted octanol–water partition coefficient (Wildman–Crippen LogP) is 2.79. The Kier molecular flexibility index (Phi) is 3.14. The van der Waals surface area contributed by atoms with E-state index in [-0.39, 0.29) is 12.0 Å². The molecule has 1 aromatic rings. The van der Waals surface area contributed by atoms with Crippen LogP contribution in [0.2, 0.25) is 0 Å². The van der Waals surface area contributed by atoms with Crippen molar-refractivity contribution in [2.24, 2.45) is 0 Å². The zero-order chi connectivity index (χ0) is 11.5. The molecule has 0 saturated carbocycles. The number of hydrogen-bond donors (Lipinski definition) is 0. The summed E-state index contributed by atoms with van der Waals surface area (Å²) in [4.78, 5) is 0. The van der Waals surface area contributed by atoms with Crippen molar-refractivity contribution in [3.8, 4) is 11.8 Å². The molecule has 0 heterocycles. The average molecular weight is 219 g/mol. The van der Waals surface area contributed by atoms with Gasteiger partial charge in [-0.2, -0.15) is 5.26 Å². The Morgan fingerprint density at radius 1 is 1.27 bits per heavy atom. The molecule has 0 aromatic heterocycles. The summed E-state index contributed by atoms with van der Waals surface area (Å²) in [5.74, 6) is -1.53. The summed E-state index contributed by atoms with van der Waals surface area (Å²) in [5, 5.41) is 8.30. The highest BCUT2D eigenvalue weighted by Gasteiger charge is 2.31. The van der Waals surface area contributed by atoms with E-state index in [1.54, 1.807) is 6.07 Å². The topological polar surface area (TPSA) is 33.0 Å². The molecule has 6 heteroatoms. The van der Waals surface area contributed by atoms with Gasteiger partial charge in [0.2, 0.25) is 0 Å². The van der Waals surface area contributed by atoms with Crippen LogP contribution in [0.1, 0.15) is 5.56 Å². The van der Waals surface area contributed by atoms with Gasteiger partial charge in [-0.15, -0.1) is 13.2 Å². The zero-order valence-corrected chi connectivity index (χ0v) is 7.31. The SMILES string of the molecule is N#CCc1cc(F)cc(OC(F)(F)F)c1. The van der Waals surface area contributed by atoms with Crippen LogP contribution in [-0.2, 0) is 6.42 Å². The maximum absolute atomic E-state index is 12.8. The lowest BCUT2D eigenvalue weighted by Gasteiger charge is -2.09. The number of nitrogens with zero attached hydrogens (tertiary/aromatic N) is 1. The molecular formula is C9H5F4NO. The van der Waals surface area contributed by atoms with Gasteiger partial charge in [0.1, 0.15) is 11.6 Å². The van der Waals surface area contributed by atoms with Crippen molar-refractivity contribution in [3.63, 3.8) is 0 Å². The highest BCUT2D eigenvalue weighted by atomic mass is 19.4. The van der Waals surface area contributed by atoms with Gasteiger partial charge in [0.15, 0.2) is 0 Å². The van der Waals surface area contributed by atoms with E-state index >= 15 is 0 Å². The summed E-state index contributed by atoms with van der Waals surface area (Å²) in [5.41, 5.74) is 0.136. The largest absolute Gasteiger partial charge is 0.573 e. The fourth-order valence-electron chi connectivity index (χ4n) is 1.01. The number of hydrogen-bond acceptors (Lipinski definition) is 2. The molecule has 2 nitrogen and oxygen atoms in total. The Balaban J connectivity index is 2.95. The van der Waals surface area contributed by atoms with Crippen LogP contribution < -0.4 is 4.74 Å². The van der Waals surface area contributed by atoms with Crippen molar-refractivity contribution in [1.29, 1.82) is 5.26 Å². The maximum Gasteiger partial charge on any atom is 0.573 e. The molecule has 0 saturated heterocycles. The van der Waals surface area contributed by atoms with E-state index in [0.717, 1.165) is 12.1 Å². The Morgan fingerprint density at radius 3 is 2.47 bits per heavy atom. The van der Waals surface area contributed by atoms with Crippen molar-refractivity contribution >= 4 is 0 Å². The second kappa shape index (κ2) is 4.17. The number of nitriles is 1. The summed E-state index contributed by atoms with van der Waals surface area (Å²) < 4.78 is 51.6. The quantitative estimate of drug-likeness (QED) is 0.716. The molecule has 80 valence electrons. The third-order valence-corrected chi connectivity index (χ3v) is 1.45. The molecule has 0 fully saturated rings. The minimum absolute atomic E-state index is 0.136. The van der Waals surface area contributed by atoms with Gasteiger partial charge in [-0.3, -0.25) is 0 Å². The van der Waals surface area contributed by atoms with Crippen LogP contribution in [0.3, 0.4) is 0 Å². The summed E-state index contributed by atoms with van der Waals surface area (Å²) in [6, 6.07) is 4.25. The molecule has 0 spiro atoms. The molecule has 0 N–H and O–H groups in total. The van der Waals surface area contributed by atoms with Crippen molar-refractivity contribution in [3.05, 3.63) is 29.6 Å². The van der Waals surface area contributed by atoms with E-state index in [9.17, 15) is 17.6 Å². The molecule has 0 radical (unpaired) electrons. The van der Waals surface area contributed by atoms with Gasteiger partial charge < -0.3 is 4.74 Å². The van der Waals surface area contributed by atoms with Crippen LogP contribution in [0.15, 0.2) is 18.2 Å². The van der Waals surface area contributed by atoms with Crippen molar-refractivity contribution in [2.45, 2.75) is 12.8 Å². The number of ether oxygens (including phenoxy) is 1. The number of alkyl halides is 3. The molecule has 0 atom stereocenters. The molecule has 1 rings (SSSR count). The van der Waals surface area contributed by atoms with Crippen molar-refractivity contribution in [1.82, 2.24) is 0 Å². The van der Waals surface area contributed by atoms with Crippen molar-refractivity contribution in [2.75, 3.05) is 0 Å². The first-order valence-corrected chi connectivity index (χ1v) is 3.83. The van der Waals surface area contributed by atoms with E-state index in [4.69, 9.17) is 5.26 Å². The van der Waals surface area contributed by atoms with Gasteiger partial charge in [0, 0.05) is 6.07 Å². The fourth-order valence-corrected chi connectivity index (χ4v) is 1.01. The first-order valence-electron chi connectivity index (χ1n) is 3.83. The summed E-state index contributed by atoms with van der Waals surface area (Å²) >= 11 is 0. The van der Waals surface area contributed by atoms with E-state index in [0.29, 0.717) is 6.07 Å². The molecule has 1 aromatic carbocycles. The van der Waals surface area contributed by atoms with E-state index in [1.165, 1.54) is 0 Å². The van der Waals surface area contributed by atoms with Gasteiger partial charge >= 0.3 is 6.36 Å². The Bertz CT molecular complexity index is 394. The molecule has 0 bridgehead atoms. The Hall–Kier alpha value is -1.77. The monoisotopic (exact) mass is 219 g/mol. The van der Waals surface area contributed by atoms with E-state index < -0.39 is 17.9 Å². The van der Waals surface area contributed by atoms with Crippen LogP contribution in [0.25, 0.3) is 0 Å². The van der Waals surface area contributed by atoms with Gasteiger partial charge in [-0.25, -0.2) is 4.39 Å². The molecule has 15 heavy (non-hydrogen) atoms. The van der Waals surface area contributed by atoms with Crippen LogP contribution in [-0.4, -0.2) is 6.36 Å². The predicted molar refractivity (Wildman–Crippen MR) is 42.4 cm³/mol. The minimum Gasteiger partial charge on any atom is -0.406 e. The normalized spacial score (nSPS) is 10.9. The van der Waals surface area contributed by atoms with Crippen LogP contribution in [0.5, 0.6) is 5.75 Å². The first kappa shape index (κ1) is 11.3.